The van der Waals surface area contributed by atoms with Gasteiger partial charge in [0.15, 0.2) is 11.0 Å². The Bertz CT molecular complexity index is 1180. The molecule has 1 aromatic heterocycles. The summed E-state index contributed by atoms with van der Waals surface area (Å²) in [6.07, 6.45) is 0.671. The summed E-state index contributed by atoms with van der Waals surface area (Å²) in [5, 5.41) is 12.4. The number of carbonyl (C=O) groups is 1. The average Bonchev–Trinajstić information content (AvgIpc) is 3.30. The third kappa shape index (κ3) is 5.43. The number of thioether (sulfide) groups is 1. The lowest BCUT2D eigenvalue weighted by Gasteiger charge is -2.16. The van der Waals surface area contributed by atoms with E-state index in [9.17, 15) is 4.79 Å². The molecule has 6 nitrogen and oxygen atoms in total. The molecule has 168 valence electrons. The number of para-hydroxylation sites is 1. The highest BCUT2D eigenvalue weighted by molar-refractivity contribution is 8.00. The molecule has 7 heteroatoms. The Hall–Kier alpha value is -3.58. The molecule has 0 saturated heterocycles. The molecule has 4 aromatic rings. The molecular weight excluding hydrogens is 432 g/mol. The number of amides is 1. The van der Waals surface area contributed by atoms with Gasteiger partial charge in [-0.25, -0.2) is 0 Å². The Balaban J connectivity index is 1.60. The van der Waals surface area contributed by atoms with E-state index in [2.05, 4.69) is 15.5 Å². The van der Waals surface area contributed by atoms with Gasteiger partial charge in [-0.15, -0.1) is 10.2 Å². The Morgan fingerprint density at radius 3 is 2.27 bits per heavy atom. The van der Waals surface area contributed by atoms with Gasteiger partial charge in [-0.1, -0.05) is 67.2 Å². The summed E-state index contributed by atoms with van der Waals surface area (Å²) >= 11 is 1.43. The topological polar surface area (TPSA) is 69.0 Å². The van der Waals surface area contributed by atoms with E-state index in [-0.39, 0.29) is 11.2 Å². The number of aromatic nitrogens is 3. The van der Waals surface area contributed by atoms with Gasteiger partial charge in [-0.2, -0.15) is 0 Å². The van der Waals surface area contributed by atoms with Gasteiger partial charge in [0, 0.05) is 17.8 Å². The molecule has 1 N–H and O–H groups in total. The summed E-state index contributed by atoms with van der Waals surface area (Å²) in [5.41, 5.74) is 2.93. The molecule has 4 rings (SSSR count). The van der Waals surface area contributed by atoms with Crippen LogP contribution >= 0.6 is 11.8 Å². The van der Waals surface area contributed by atoms with Gasteiger partial charge in [0.05, 0.1) is 12.4 Å². The van der Waals surface area contributed by atoms with Crippen LogP contribution in [-0.2, 0) is 11.3 Å². The molecule has 1 amide bonds. The number of methoxy groups -OCH3 is 1. The van der Waals surface area contributed by atoms with E-state index in [1.165, 1.54) is 11.8 Å². The highest BCUT2D eigenvalue weighted by atomic mass is 32.2. The zero-order chi connectivity index (χ0) is 23.0. The second-order valence-corrected chi connectivity index (χ2v) is 8.59. The van der Waals surface area contributed by atoms with Crippen LogP contribution in [-0.4, -0.2) is 33.0 Å². The van der Waals surface area contributed by atoms with E-state index in [0.29, 0.717) is 23.9 Å². The maximum Gasteiger partial charge on any atom is 0.233 e. The summed E-state index contributed by atoms with van der Waals surface area (Å²) in [4.78, 5) is 12.9. The van der Waals surface area contributed by atoms with Crippen LogP contribution in [0.3, 0.4) is 0 Å². The van der Waals surface area contributed by atoms with Crippen molar-refractivity contribution in [1.82, 2.24) is 20.1 Å². The number of nitrogens with one attached hydrogen (secondary N) is 1. The lowest BCUT2D eigenvalue weighted by atomic mass is 10.2. The summed E-state index contributed by atoms with van der Waals surface area (Å²) in [6.45, 7) is 2.51. The molecule has 0 aliphatic rings. The third-order valence-electron chi connectivity index (χ3n) is 5.22. The van der Waals surface area contributed by atoms with E-state index in [1.54, 1.807) is 7.11 Å². The second-order valence-electron chi connectivity index (χ2n) is 7.42. The van der Waals surface area contributed by atoms with Gasteiger partial charge in [0.25, 0.3) is 0 Å². The predicted molar refractivity (Wildman–Crippen MR) is 132 cm³/mol. The second kappa shape index (κ2) is 10.8. The minimum atomic E-state index is -0.288. The highest BCUT2D eigenvalue weighted by Gasteiger charge is 2.23. The standard InChI is InChI=1S/C26H26N4O2S/c1-3-23(25(31)27-18-19-10-6-4-7-11-19)33-26-29-28-24(20-14-16-22(32-2)17-15-20)30(26)21-12-8-5-9-13-21/h4-17,23H,3,18H2,1-2H3,(H,27,31). The maximum atomic E-state index is 12.9. The lowest BCUT2D eigenvalue weighted by molar-refractivity contribution is -0.120. The van der Waals surface area contributed by atoms with Gasteiger partial charge in [0.1, 0.15) is 5.75 Å². The fourth-order valence-corrected chi connectivity index (χ4v) is 4.43. The van der Waals surface area contributed by atoms with Crippen molar-refractivity contribution in [3.63, 3.8) is 0 Å². The first-order chi connectivity index (χ1) is 16.2. The van der Waals surface area contributed by atoms with Gasteiger partial charge in [-0.3, -0.25) is 9.36 Å². The molecule has 0 bridgehead atoms. The van der Waals surface area contributed by atoms with E-state index in [0.717, 1.165) is 22.6 Å². The van der Waals surface area contributed by atoms with Crippen LogP contribution in [0.15, 0.2) is 90.1 Å². The fourth-order valence-electron chi connectivity index (χ4n) is 3.43. The molecule has 0 aliphatic heterocycles. The largest absolute Gasteiger partial charge is 0.497 e. The Morgan fingerprint density at radius 2 is 1.64 bits per heavy atom. The van der Waals surface area contributed by atoms with Gasteiger partial charge < -0.3 is 10.1 Å². The number of nitrogens with zero attached hydrogens (tertiary/aromatic N) is 3. The quantitative estimate of drug-likeness (QED) is 0.352. The van der Waals surface area contributed by atoms with Crippen molar-refractivity contribution in [3.8, 4) is 22.8 Å². The van der Waals surface area contributed by atoms with Crippen molar-refractivity contribution in [1.29, 1.82) is 0 Å². The van der Waals surface area contributed by atoms with Crippen LogP contribution in [0.4, 0.5) is 0 Å². The van der Waals surface area contributed by atoms with Crippen molar-refractivity contribution in [2.45, 2.75) is 30.3 Å². The predicted octanol–water partition coefficient (Wildman–Crippen LogP) is 5.13. The summed E-state index contributed by atoms with van der Waals surface area (Å²) in [5.74, 6) is 1.48. The van der Waals surface area contributed by atoms with Crippen molar-refractivity contribution < 1.29 is 9.53 Å². The molecule has 1 atom stereocenters. The van der Waals surface area contributed by atoms with Crippen molar-refractivity contribution in [3.05, 3.63) is 90.5 Å². The first-order valence-corrected chi connectivity index (χ1v) is 11.7. The molecule has 0 aliphatic carbocycles. The zero-order valence-corrected chi connectivity index (χ0v) is 19.5. The SMILES string of the molecule is CCC(Sc1nnc(-c2ccc(OC)cc2)n1-c1ccccc1)C(=O)NCc1ccccc1. The molecule has 1 unspecified atom stereocenters. The highest BCUT2D eigenvalue weighted by Crippen LogP contribution is 2.31. The smallest absolute Gasteiger partial charge is 0.233 e. The number of rotatable bonds is 9. The lowest BCUT2D eigenvalue weighted by Crippen LogP contribution is -2.32. The number of ether oxygens (including phenoxy) is 1. The van der Waals surface area contributed by atoms with Crippen molar-refractivity contribution in [2.75, 3.05) is 7.11 Å². The molecule has 0 saturated carbocycles. The van der Waals surface area contributed by atoms with Crippen LogP contribution in [0.5, 0.6) is 5.75 Å². The maximum absolute atomic E-state index is 12.9. The van der Waals surface area contributed by atoms with Gasteiger partial charge >= 0.3 is 0 Å². The van der Waals surface area contributed by atoms with Gasteiger partial charge in [-0.05, 0) is 48.4 Å². The first kappa shape index (κ1) is 22.6. The Labute approximate surface area is 198 Å². The molecule has 0 fully saturated rings. The Kier molecular flexibility index (Phi) is 7.42. The van der Waals surface area contributed by atoms with E-state index < -0.39 is 0 Å². The minimum absolute atomic E-state index is 0.0139. The molecule has 3 aromatic carbocycles. The van der Waals surface area contributed by atoms with Crippen LogP contribution < -0.4 is 10.1 Å². The summed E-state index contributed by atoms with van der Waals surface area (Å²) in [6, 6.07) is 27.6. The molecule has 1 heterocycles. The summed E-state index contributed by atoms with van der Waals surface area (Å²) < 4.78 is 7.28. The monoisotopic (exact) mass is 458 g/mol. The van der Waals surface area contributed by atoms with E-state index in [1.807, 2.05) is 96.4 Å². The average molecular weight is 459 g/mol. The number of hydrogen-bond donors (Lipinski definition) is 1. The molecule has 0 radical (unpaired) electrons. The number of carbonyl (C=O) groups excluding carboxylic acids is 1. The zero-order valence-electron chi connectivity index (χ0n) is 18.6. The van der Waals surface area contributed by atoms with Crippen LogP contribution in [0, 0.1) is 0 Å². The van der Waals surface area contributed by atoms with Crippen molar-refractivity contribution in [2.24, 2.45) is 0 Å². The van der Waals surface area contributed by atoms with Crippen LogP contribution in [0.25, 0.3) is 17.1 Å². The first-order valence-electron chi connectivity index (χ1n) is 10.8. The molecule has 33 heavy (non-hydrogen) atoms. The van der Waals surface area contributed by atoms with Crippen LogP contribution in [0.1, 0.15) is 18.9 Å². The number of hydrogen-bond acceptors (Lipinski definition) is 5. The van der Waals surface area contributed by atoms with E-state index in [4.69, 9.17) is 4.74 Å². The molecule has 0 spiro atoms. The summed E-state index contributed by atoms with van der Waals surface area (Å²) in [7, 11) is 1.64. The molecular formula is C26H26N4O2S. The third-order valence-corrected chi connectivity index (χ3v) is 6.52. The van der Waals surface area contributed by atoms with Crippen LogP contribution in [0.2, 0.25) is 0 Å². The minimum Gasteiger partial charge on any atom is -0.497 e. The normalized spacial score (nSPS) is 11.7. The fraction of sp³-hybridized carbons (Fsp3) is 0.192. The van der Waals surface area contributed by atoms with Gasteiger partial charge in [0.2, 0.25) is 5.91 Å². The van der Waals surface area contributed by atoms with Crippen molar-refractivity contribution >= 4 is 17.7 Å². The Morgan fingerprint density at radius 1 is 0.970 bits per heavy atom. The van der Waals surface area contributed by atoms with E-state index >= 15 is 0 Å². The number of benzene rings is 3.